The van der Waals surface area contributed by atoms with Crippen molar-refractivity contribution in [1.29, 1.82) is 0 Å². The maximum Gasteiger partial charge on any atom is 0.419 e. The zero-order valence-corrected chi connectivity index (χ0v) is 17.3. The van der Waals surface area contributed by atoms with Crippen LogP contribution in [0.25, 0.3) is 5.69 Å². The number of rotatable bonds is 4. The highest BCUT2D eigenvalue weighted by atomic mass is 19.4. The third-order valence-corrected chi connectivity index (χ3v) is 5.21. The van der Waals surface area contributed by atoms with Crippen LogP contribution < -0.4 is 4.74 Å². The van der Waals surface area contributed by atoms with E-state index < -0.39 is 11.7 Å². The van der Waals surface area contributed by atoms with Crippen molar-refractivity contribution in [2.24, 2.45) is 0 Å². The van der Waals surface area contributed by atoms with Crippen LogP contribution in [0.4, 0.5) is 13.2 Å². The Morgan fingerprint density at radius 1 is 1.09 bits per heavy atom. The van der Waals surface area contributed by atoms with E-state index in [1.807, 2.05) is 19.1 Å². The number of aromatic nitrogens is 5. The molecule has 32 heavy (non-hydrogen) atoms. The van der Waals surface area contributed by atoms with E-state index in [4.69, 9.17) is 4.74 Å². The summed E-state index contributed by atoms with van der Waals surface area (Å²) in [4.78, 5) is 23.8. The lowest BCUT2D eigenvalue weighted by Gasteiger charge is -2.22. The highest BCUT2D eigenvalue weighted by Gasteiger charge is 2.32. The third kappa shape index (κ3) is 4.87. The lowest BCUT2D eigenvalue weighted by Crippen LogP contribution is -2.33. The van der Waals surface area contributed by atoms with E-state index in [9.17, 15) is 18.0 Å². The highest BCUT2D eigenvalue weighted by molar-refractivity contribution is 5.97. The normalized spacial score (nSPS) is 17.1. The predicted octanol–water partition coefficient (Wildman–Crippen LogP) is 3.46. The third-order valence-electron chi connectivity index (χ3n) is 5.21. The van der Waals surface area contributed by atoms with Gasteiger partial charge in [-0.3, -0.25) is 4.79 Å². The van der Waals surface area contributed by atoms with E-state index in [0.717, 1.165) is 5.56 Å². The van der Waals surface area contributed by atoms with Crippen molar-refractivity contribution in [2.45, 2.75) is 38.5 Å². The molecular formula is C21H21F3N6O2. The first kappa shape index (κ1) is 21.7. The molecule has 3 heterocycles. The first-order valence-corrected chi connectivity index (χ1v) is 10.1. The average molecular weight is 446 g/mol. The summed E-state index contributed by atoms with van der Waals surface area (Å²) >= 11 is 0. The first-order valence-electron chi connectivity index (χ1n) is 10.1. The van der Waals surface area contributed by atoms with E-state index >= 15 is 0 Å². The van der Waals surface area contributed by atoms with Gasteiger partial charge in [-0.2, -0.15) is 28.2 Å². The number of hydrogen-bond donors (Lipinski definition) is 0. The molecule has 8 nitrogen and oxygen atoms in total. The molecule has 1 aliphatic rings. The van der Waals surface area contributed by atoms with Gasteiger partial charge in [-0.15, -0.1) is 0 Å². The van der Waals surface area contributed by atoms with Crippen LogP contribution in [-0.4, -0.2) is 55.0 Å². The summed E-state index contributed by atoms with van der Waals surface area (Å²) in [5.41, 5.74) is 1.16. The molecule has 0 bridgehead atoms. The molecule has 3 aromatic rings. The Kier molecular flexibility index (Phi) is 6.06. The van der Waals surface area contributed by atoms with E-state index in [0.29, 0.717) is 56.0 Å². The van der Waals surface area contributed by atoms with Gasteiger partial charge in [-0.25, -0.2) is 9.97 Å². The number of amides is 1. The van der Waals surface area contributed by atoms with Crippen LogP contribution >= 0.6 is 0 Å². The van der Waals surface area contributed by atoms with E-state index in [2.05, 4.69) is 20.2 Å². The Morgan fingerprint density at radius 3 is 2.50 bits per heavy atom. The molecule has 1 saturated heterocycles. The van der Waals surface area contributed by atoms with Crippen LogP contribution in [0, 0.1) is 6.92 Å². The number of nitrogens with zero attached hydrogens (tertiary/aromatic N) is 6. The fourth-order valence-electron chi connectivity index (χ4n) is 3.56. The van der Waals surface area contributed by atoms with Crippen LogP contribution in [0.3, 0.4) is 0 Å². The lowest BCUT2D eigenvalue weighted by atomic mass is 10.1. The predicted molar refractivity (Wildman–Crippen MR) is 107 cm³/mol. The van der Waals surface area contributed by atoms with Crippen molar-refractivity contribution < 1.29 is 22.7 Å². The van der Waals surface area contributed by atoms with Crippen molar-refractivity contribution in [3.8, 4) is 11.7 Å². The van der Waals surface area contributed by atoms with Crippen LogP contribution in [0.1, 0.15) is 40.7 Å². The minimum Gasteiger partial charge on any atom is -0.460 e. The fourth-order valence-corrected chi connectivity index (χ4v) is 3.56. The Hall–Kier alpha value is -3.50. The van der Waals surface area contributed by atoms with Gasteiger partial charge < -0.3 is 9.64 Å². The molecule has 1 fully saturated rings. The number of hydrogen-bond acceptors (Lipinski definition) is 6. The maximum absolute atomic E-state index is 13.3. The Labute approximate surface area is 182 Å². The molecule has 168 valence electrons. The van der Waals surface area contributed by atoms with Crippen LogP contribution in [0.5, 0.6) is 6.01 Å². The summed E-state index contributed by atoms with van der Waals surface area (Å²) in [5.74, 6) is -0.135. The molecule has 2 aromatic heterocycles. The van der Waals surface area contributed by atoms with Gasteiger partial charge in [0.2, 0.25) is 0 Å². The number of carbonyl (C=O) groups is 1. The summed E-state index contributed by atoms with van der Waals surface area (Å²) < 4.78 is 43.7. The zero-order valence-electron chi connectivity index (χ0n) is 17.3. The standard InChI is InChI=1S/C21H21F3N6O2/c1-14-4-5-17(18(11-14)30-27-7-8-28-30)19(31)29-9-2-3-16(6-10-29)32-20-25-12-15(13-26-20)21(22,23)24/h4-5,7-8,11-13,16H,2-3,6,9-10H2,1H3/t16-/m1/s1. The van der Waals surface area contributed by atoms with Gasteiger partial charge in [-0.05, 0) is 37.5 Å². The number of aryl methyl sites for hydroxylation is 1. The number of ether oxygens (including phenoxy) is 1. The Bertz CT molecular complexity index is 1070. The molecule has 0 saturated carbocycles. The Balaban J connectivity index is 1.43. The molecule has 0 spiro atoms. The smallest absolute Gasteiger partial charge is 0.419 e. The SMILES string of the molecule is Cc1ccc(C(=O)N2CCC[C@@H](Oc3ncc(C(F)(F)F)cn3)CC2)c(-n2nccn2)c1. The average Bonchev–Trinajstić information content (AvgIpc) is 3.20. The zero-order chi connectivity index (χ0) is 22.7. The van der Waals surface area contributed by atoms with E-state index in [1.54, 1.807) is 23.4 Å². The monoisotopic (exact) mass is 446 g/mol. The number of alkyl halides is 3. The number of carbonyl (C=O) groups excluding carboxylic acids is 1. The van der Waals surface area contributed by atoms with Crippen LogP contribution in [-0.2, 0) is 6.18 Å². The first-order chi connectivity index (χ1) is 15.3. The highest BCUT2D eigenvalue weighted by Crippen LogP contribution is 2.28. The van der Waals surface area contributed by atoms with Crippen molar-refractivity contribution >= 4 is 5.91 Å². The quantitative estimate of drug-likeness (QED) is 0.610. The van der Waals surface area contributed by atoms with Crippen molar-refractivity contribution in [2.75, 3.05) is 13.1 Å². The molecule has 1 aromatic carbocycles. The molecule has 0 aliphatic carbocycles. The molecule has 4 rings (SSSR count). The van der Waals surface area contributed by atoms with E-state index in [1.165, 1.54) is 4.80 Å². The summed E-state index contributed by atoms with van der Waals surface area (Å²) in [6, 6.07) is 5.39. The second-order valence-electron chi connectivity index (χ2n) is 7.55. The fraction of sp³-hybridized carbons (Fsp3) is 0.381. The van der Waals surface area contributed by atoms with Gasteiger partial charge in [0, 0.05) is 31.9 Å². The van der Waals surface area contributed by atoms with Gasteiger partial charge in [0.25, 0.3) is 5.91 Å². The molecule has 11 heteroatoms. The van der Waals surface area contributed by atoms with Gasteiger partial charge in [0.15, 0.2) is 0 Å². The van der Waals surface area contributed by atoms with Gasteiger partial charge in [0.05, 0.1) is 29.2 Å². The van der Waals surface area contributed by atoms with Crippen LogP contribution in [0.15, 0.2) is 43.0 Å². The van der Waals surface area contributed by atoms with Crippen molar-refractivity contribution in [3.05, 3.63) is 59.7 Å². The van der Waals surface area contributed by atoms with Crippen LogP contribution in [0.2, 0.25) is 0 Å². The maximum atomic E-state index is 13.3. The van der Waals surface area contributed by atoms with Crippen molar-refractivity contribution in [3.63, 3.8) is 0 Å². The topological polar surface area (TPSA) is 86.0 Å². The summed E-state index contributed by atoms with van der Waals surface area (Å²) in [6.07, 6.45) is 1.54. The van der Waals surface area contributed by atoms with Gasteiger partial charge >= 0.3 is 12.2 Å². The molecule has 0 unspecified atom stereocenters. The second kappa shape index (κ2) is 8.93. The molecule has 1 amide bonds. The number of halogens is 3. The largest absolute Gasteiger partial charge is 0.460 e. The Morgan fingerprint density at radius 2 is 1.81 bits per heavy atom. The van der Waals surface area contributed by atoms with Crippen molar-refractivity contribution in [1.82, 2.24) is 29.9 Å². The lowest BCUT2D eigenvalue weighted by molar-refractivity contribution is -0.138. The molecular weight excluding hydrogens is 425 g/mol. The van der Waals surface area contributed by atoms with Gasteiger partial charge in [0.1, 0.15) is 6.10 Å². The molecule has 0 N–H and O–H groups in total. The molecule has 1 atom stereocenters. The van der Waals surface area contributed by atoms with Gasteiger partial charge in [-0.1, -0.05) is 6.07 Å². The minimum atomic E-state index is -4.50. The summed E-state index contributed by atoms with van der Waals surface area (Å²) in [6.45, 7) is 2.90. The minimum absolute atomic E-state index is 0.103. The number of benzene rings is 1. The summed E-state index contributed by atoms with van der Waals surface area (Å²) in [5, 5.41) is 8.29. The summed E-state index contributed by atoms with van der Waals surface area (Å²) in [7, 11) is 0. The number of likely N-dealkylation sites (tertiary alicyclic amines) is 1. The molecule has 1 aliphatic heterocycles. The second-order valence-corrected chi connectivity index (χ2v) is 7.55. The van der Waals surface area contributed by atoms with E-state index in [-0.39, 0.29) is 18.0 Å². The molecule has 0 radical (unpaired) electrons.